The molecule has 0 radical (unpaired) electrons. The SMILES string of the molecule is CC(C)NC(N)=NCC(C)(O)CO. The van der Waals surface area contributed by atoms with Crippen LogP contribution in [0.3, 0.4) is 0 Å². The lowest BCUT2D eigenvalue weighted by molar-refractivity contribution is 0.0101. The first-order valence-electron chi connectivity index (χ1n) is 4.27. The predicted molar refractivity (Wildman–Crippen MR) is 52.5 cm³/mol. The molecule has 5 N–H and O–H groups in total. The number of nitrogens with one attached hydrogen (secondary N) is 1. The van der Waals surface area contributed by atoms with E-state index in [0.717, 1.165) is 0 Å². The number of nitrogens with two attached hydrogens (primary N) is 1. The Kier molecular flexibility index (Phi) is 4.72. The predicted octanol–water partition coefficient (Wildman–Crippen LogP) is -0.958. The van der Waals surface area contributed by atoms with E-state index in [1.807, 2.05) is 13.8 Å². The fraction of sp³-hybridized carbons (Fsp3) is 0.875. The number of hydrogen-bond donors (Lipinski definition) is 4. The first-order valence-corrected chi connectivity index (χ1v) is 4.27. The molecule has 0 rings (SSSR count). The topological polar surface area (TPSA) is 90.9 Å². The van der Waals surface area contributed by atoms with Gasteiger partial charge in [0.2, 0.25) is 0 Å². The zero-order valence-electron chi connectivity index (χ0n) is 8.41. The Hall–Kier alpha value is -0.810. The molecule has 1 unspecified atom stereocenters. The molecule has 0 aliphatic heterocycles. The van der Waals surface area contributed by atoms with Crippen molar-refractivity contribution in [3.8, 4) is 0 Å². The van der Waals surface area contributed by atoms with Crippen LogP contribution in [0.4, 0.5) is 0 Å². The van der Waals surface area contributed by atoms with Gasteiger partial charge in [-0.1, -0.05) is 0 Å². The van der Waals surface area contributed by atoms with Crippen LogP contribution in [0.15, 0.2) is 4.99 Å². The molecule has 5 nitrogen and oxygen atoms in total. The van der Waals surface area contributed by atoms with Crippen LogP contribution in [-0.4, -0.2) is 41.0 Å². The third kappa shape index (κ3) is 6.36. The maximum Gasteiger partial charge on any atom is 0.188 e. The normalized spacial score (nSPS) is 17.2. The van der Waals surface area contributed by atoms with E-state index in [-0.39, 0.29) is 25.2 Å². The molecule has 0 amide bonds. The summed E-state index contributed by atoms with van der Waals surface area (Å²) in [6.07, 6.45) is 0. The Balaban J connectivity index is 3.96. The minimum atomic E-state index is -1.19. The van der Waals surface area contributed by atoms with Crippen molar-refractivity contribution in [2.45, 2.75) is 32.4 Å². The molecular weight excluding hydrogens is 170 g/mol. The first kappa shape index (κ1) is 12.2. The highest BCUT2D eigenvalue weighted by atomic mass is 16.3. The Bertz CT molecular complexity index is 178. The quantitative estimate of drug-likeness (QED) is 0.339. The third-order valence-corrected chi connectivity index (χ3v) is 1.37. The summed E-state index contributed by atoms with van der Waals surface area (Å²) in [6, 6.07) is 0.211. The maximum absolute atomic E-state index is 9.37. The minimum Gasteiger partial charge on any atom is -0.393 e. The summed E-state index contributed by atoms with van der Waals surface area (Å²) in [5.74, 6) is 0.281. The number of rotatable bonds is 4. The van der Waals surface area contributed by atoms with Gasteiger partial charge in [0.05, 0.1) is 13.2 Å². The van der Waals surface area contributed by atoms with Gasteiger partial charge in [-0.25, -0.2) is 0 Å². The van der Waals surface area contributed by atoms with E-state index in [9.17, 15) is 5.11 Å². The largest absolute Gasteiger partial charge is 0.393 e. The fourth-order valence-corrected chi connectivity index (χ4v) is 0.647. The lowest BCUT2D eigenvalue weighted by Gasteiger charge is -2.18. The molecule has 13 heavy (non-hydrogen) atoms. The molecule has 0 fully saturated rings. The zero-order valence-corrected chi connectivity index (χ0v) is 8.41. The smallest absolute Gasteiger partial charge is 0.188 e. The highest BCUT2D eigenvalue weighted by Crippen LogP contribution is 2.00. The molecule has 1 atom stereocenters. The van der Waals surface area contributed by atoms with Crippen molar-refractivity contribution in [3.63, 3.8) is 0 Å². The van der Waals surface area contributed by atoms with E-state index in [1.165, 1.54) is 6.92 Å². The van der Waals surface area contributed by atoms with Gasteiger partial charge >= 0.3 is 0 Å². The molecular formula is C8H19N3O2. The molecule has 0 spiro atoms. The molecule has 0 heterocycles. The van der Waals surface area contributed by atoms with Crippen molar-refractivity contribution < 1.29 is 10.2 Å². The second-order valence-corrected chi connectivity index (χ2v) is 3.66. The van der Waals surface area contributed by atoms with E-state index in [0.29, 0.717) is 0 Å². The molecule has 0 saturated heterocycles. The average Bonchev–Trinajstić information content (AvgIpc) is 2.00. The second-order valence-electron chi connectivity index (χ2n) is 3.66. The summed E-state index contributed by atoms with van der Waals surface area (Å²) in [7, 11) is 0. The van der Waals surface area contributed by atoms with Crippen molar-refractivity contribution in [1.29, 1.82) is 0 Å². The van der Waals surface area contributed by atoms with Crippen molar-refractivity contribution in [2.24, 2.45) is 10.7 Å². The van der Waals surface area contributed by atoms with Crippen molar-refractivity contribution in [3.05, 3.63) is 0 Å². The number of guanidine groups is 1. The fourth-order valence-electron chi connectivity index (χ4n) is 0.647. The molecule has 0 aromatic carbocycles. The summed E-state index contributed by atoms with van der Waals surface area (Å²) < 4.78 is 0. The van der Waals surface area contributed by atoms with E-state index in [4.69, 9.17) is 10.8 Å². The Labute approximate surface area is 78.7 Å². The zero-order chi connectivity index (χ0) is 10.5. The molecule has 78 valence electrons. The highest BCUT2D eigenvalue weighted by molar-refractivity contribution is 5.78. The summed E-state index contributed by atoms with van der Waals surface area (Å²) in [4.78, 5) is 3.88. The lowest BCUT2D eigenvalue weighted by Crippen LogP contribution is -2.39. The molecule has 0 aromatic rings. The average molecular weight is 189 g/mol. The van der Waals surface area contributed by atoms with Crippen LogP contribution >= 0.6 is 0 Å². The number of nitrogens with zero attached hydrogens (tertiary/aromatic N) is 1. The molecule has 0 bridgehead atoms. The van der Waals surface area contributed by atoms with Crippen LogP contribution in [0.2, 0.25) is 0 Å². The van der Waals surface area contributed by atoms with Gasteiger partial charge in [-0.05, 0) is 20.8 Å². The van der Waals surface area contributed by atoms with Crippen LogP contribution in [0, 0.1) is 0 Å². The number of aliphatic imine (C=N–C) groups is 1. The van der Waals surface area contributed by atoms with E-state index in [2.05, 4.69) is 10.3 Å². The number of aliphatic hydroxyl groups is 2. The molecule has 0 aliphatic rings. The minimum absolute atomic E-state index is 0.0923. The van der Waals surface area contributed by atoms with Crippen molar-refractivity contribution in [1.82, 2.24) is 5.32 Å². The third-order valence-electron chi connectivity index (χ3n) is 1.37. The molecule has 0 saturated carbocycles. The Morgan fingerprint density at radius 2 is 2.15 bits per heavy atom. The van der Waals surface area contributed by atoms with Gasteiger partial charge in [0.25, 0.3) is 0 Å². The van der Waals surface area contributed by atoms with E-state index < -0.39 is 5.60 Å². The standard InChI is InChI=1S/C8H19N3O2/c1-6(2)11-7(9)10-4-8(3,13)5-12/h6,12-13H,4-5H2,1-3H3,(H3,9,10,11). The highest BCUT2D eigenvalue weighted by Gasteiger charge is 2.17. The molecule has 0 aromatic heterocycles. The van der Waals surface area contributed by atoms with Crippen LogP contribution in [0.5, 0.6) is 0 Å². The summed E-state index contributed by atoms with van der Waals surface area (Å²) in [6.45, 7) is 5.14. The summed E-state index contributed by atoms with van der Waals surface area (Å²) in [5, 5.41) is 20.9. The van der Waals surface area contributed by atoms with Crippen LogP contribution in [-0.2, 0) is 0 Å². The maximum atomic E-state index is 9.37. The van der Waals surface area contributed by atoms with Gasteiger partial charge in [0.15, 0.2) is 5.96 Å². The first-order chi connectivity index (χ1) is 5.87. The van der Waals surface area contributed by atoms with Gasteiger partial charge in [0.1, 0.15) is 5.60 Å². The van der Waals surface area contributed by atoms with Crippen LogP contribution in [0.1, 0.15) is 20.8 Å². The van der Waals surface area contributed by atoms with E-state index >= 15 is 0 Å². The molecule has 0 aliphatic carbocycles. The van der Waals surface area contributed by atoms with Crippen molar-refractivity contribution >= 4 is 5.96 Å². The number of hydrogen-bond acceptors (Lipinski definition) is 3. The summed E-state index contributed by atoms with van der Waals surface area (Å²) in [5.41, 5.74) is 4.29. The van der Waals surface area contributed by atoms with Gasteiger partial charge in [0, 0.05) is 6.04 Å². The van der Waals surface area contributed by atoms with Crippen molar-refractivity contribution in [2.75, 3.05) is 13.2 Å². The Morgan fingerprint density at radius 1 is 1.62 bits per heavy atom. The van der Waals surface area contributed by atoms with Gasteiger partial charge in [-0.2, -0.15) is 0 Å². The van der Waals surface area contributed by atoms with Gasteiger partial charge in [-0.15, -0.1) is 0 Å². The molecule has 5 heteroatoms. The van der Waals surface area contributed by atoms with Crippen LogP contribution < -0.4 is 11.1 Å². The van der Waals surface area contributed by atoms with Gasteiger partial charge in [-0.3, -0.25) is 4.99 Å². The monoisotopic (exact) mass is 189 g/mol. The van der Waals surface area contributed by atoms with Gasteiger partial charge < -0.3 is 21.3 Å². The van der Waals surface area contributed by atoms with E-state index in [1.54, 1.807) is 0 Å². The van der Waals surface area contributed by atoms with Crippen LogP contribution in [0.25, 0.3) is 0 Å². The number of aliphatic hydroxyl groups excluding tert-OH is 1. The lowest BCUT2D eigenvalue weighted by atomic mass is 10.1. The summed E-state index contributed by atoms with van der Waals surface area (Å²) >= 11 is 0. The second kappa shape index (κ2) is 5.04. The Morgan fingerprint density at radius 3 is 2.54 bits per heavy atom.